The molecule has 0 fully saturated rings. The van der Waals surface area contributed by atoms with E-state index in [1.807, 2.05) is 30.6 Å². The van der Waals surface area contributed by atoms with Crippen LogP contribution in [0.5, 0.6) is 5.75 Å². The van der Waals surface area contributed by atoms with Crippen LogP contribution in [0.25, 0.3) is 5.69 Å². The van der Waals surface area contributed by atoms with Crippen molar-refractivity contribution in [3.05, 3.63) is 84.2 Å². The molecule has 1 aromatic heterocycles. The Kier molecular flexibility index (Phi) is 10.4. The first kappa shape index (κ1) is 24.1. The molecule has 2 N–H and O–H groups in total. The third kappa shape index (κ3) is 8.56. The Labute approximate surface area is 191 Å². The van der Waals surface area contributed by atoms with E-state index >= 15 is 0 Å². The Morgan fingerprint density at radius 3 is 2.47 bits per heavy atom. The summed E-state index contributed by atoms with van der Waals surface area (Å²) in [6.07, 6.45) is 9.17. The monoisotopic (exact) mass is 455 g/mol. The maximum absolute atomic E-state index is 10.5. The van der Waals surface area contributed by atoms with Gasteiger partial charge in [-0.3, -0.25) is 0 Å². The predicted octanol–water partition coefficient (Wildman–Crippen LogP) is 5.42. The highest BCUT2D eigenvalue weighted by atomic mass is 31.1. The maximum Gasteiger partial charge on any atom is 0.694 e. The van der Waals surface area contributed by atoms with Crippen molar-refractivity contribution in [2.75, 3.05) is 19.8 Å². The van der Waals surface area contributed by atoms with Gasteiger partial charge in [0.1, 0.15) is 12.4 Å². The van der Waals surface area contributed by atoms with Crippen LogP contribution in [-0.2, 0) is 22.1 Å². The van der Waals surface area contributed by atoms with Crippen molar-refractivity contribution in [2.45, 2.75) is 38.6 Å². The number of aromatic nitrogens is 1. The highest BCUT2D eigenvalue weighted by Gasteiger charge is 2.10. The summed E-state index contributed by atoms with van der Waals surface area (Å²) in [5.41, 5.74) is 3.57. The number of unbranched alkanes of at least 4 members (excludes halogenated alkanes) is 2. The van der Waals surface area contributed by atoms with E-state index in [4.69, 9.17) is 9.63 Å². The number of aryl methyl sites for hydroxylation is 1. The molecule has 0 saturated heterocycles. The lowest BCUT2D eigenvalue weighted by atomic mass is 10.1. The van der Waals surface area contributed by atoms with Gasteiger partial charge in [-0.05, 0) is 74.0 Å². The summed E-state index contributed by atoms with van der Waals surface area (Å²) in [5.74, 6) is 0.883. The average molecular weight is 456 g/mol. The number of hydrogen-bond donors (Lipinski definition) is 2. The van der Waals surface area contributed by atoms with E-state index in [1.165, 1.54) is 12.0 Å². The molecular weight excluding hydrogens is 423 g/mol. The molecule has 3 rings (SSSR count). The van der Waals surface area contributed by atoms with Crippen LogP contribution >= 0.6 is 8.25 Å². The van der Waals surface area contributed by atoms with E-state index < -0.39 is 8.25 Å². The summed E-state index contributed by atoms with van der Waals surface area (Å²) in [7, 11) is -2.51. The summed E-state index contributed by atoms with van der Waals surface area (Å²) < 4.78 is 23.4. The van der Waals surface area contributed by atoms with Gasteiger partial charge >= 0.3 is 8.25 Å². The van der Waals surface area contributed by atoms with Gasteiger partial charge in [0, 0.05) is 23.5 Å². The van der Waals surface area contributed by atoms with Crippen LogP contribution in [-0.4, -0.2) is 29.2 Å². The van der Waals surface area contributed by atoms with E-state index in [9.17, 15) is 4.57 Å². The first-order chi connectivity index (χ1) is 15.7. The second-order valence-corrected chi connectivity index (χ2v) is 8.37. The topological polar surface area (TPSA) is 72.7 Å². The van der Waals surface area contributed by atoms with E-state index in [1.54, 1.807) is 0 Å². The molecule has 0 bridgehead atoms. The lowest BCUT2D eigenvalue weighted by Crippen LogP contribution is -2.16. The smallest absolute Gasteiger partial charge is 0.491 e. The predicted molar refractivity (Wildman–Crippen MR) is 127 cm³/mol. The molecule has 0 aliphatic carbocycles. The summed E-state index contributed by atoms with van der Waals surface area (Å²) in [6.45, 7) is 2.39. The molecule has 1 unspecified atom stereocenters. The molecule has 0 spiro atoms. The first-order valence-electron chi connectivity index (χ1n) is 11.1. The zero-order chi connectivity index (χ0) is 22.4. The summed E-state index contributed by atoms with van der Waals surface area (Å²) in [5, 5.41) is 3.34. The highest BCUT2D eigenvalue weighted by molar-refractivity contribution is 7.32. The van der Waals surface area contributed by atoms with Crippen LogP contribution in [0.4, 0.5) is 0 Å². The minimum Gasteiger partial charge on any atom is -0.491 e. The number of ether oxygens (including phenoxy) is 1. The number of nitrogens with one attached hydrogen (secondary N) is 1. The van der Waals surface area contributed by atoms with Crippen molar-refractivity contribution in [1.29, 1.82) is 0 Å². The minimum absolute atomic E-state index is 0.269. The van der Waals surface area contributed by atoms with Crippen LogP contribution < -0.4 is 10.1 Å². The molecule has 32 heavy (non-hydrogen) atoms. The average Bonchev–Trinajstić information content (AvgIpc) is 3.34. The van der Waals surface area contributed by atoms with Crippen LogP contribution in [0.3, 0.4) is 0 Å². The summed E-state index contributed by atoms with van der Waals surface area (Å²) in [6, 6.07) is 20.9. The second-order valence-electron chi connectivity index (χ2n) is 7.64. The Hall–Kier alpha value is -2.50. The molecule has 2 aromatic carbocycles. The fraction of sp³-hybridized carbons (Fsp3) is 0.360. The van der Waals surface area contributed by atoms with Crippen LogP contribution in [0.1, 0.15) is 36.8 Å². The molecule has 0 radical (unpaired) electrons. The molecule has 0 aliphatic rings. The second kappa shape index (κ2) is 13.8. The summed E-state index contributed by atoms with van der Waals surface area (Å²) >= 11 is 0. The molecule has 170 valence electrons. The molecule has 1 heterocycles. The number of rotatable bonds is 15. The van der Waals surface area contributed by atoms with Crippen molar-refractivity contribution in [1.82, 2.24) is 9.88 Å². The van der Waals surface area contributed by atoms with Gasteiger partial charge in [0.05, 0.1) is 12.3 Å². The molecule has 0 saturated carbocycles. The van der Waals surface area contributed by atoms with Crippen molar-refractivity contribution < 1.29 is 18.7 Å². The quantitative estimate of drug-likeness (QED) is 0.237. The zero-order valence-electron chi connectivity index (χ0n) is 18.4. The zero-order valence-corrected chi connectivity index (χ0v) is 19.3. The Balaban J connectivity index is 1.45. The van der Waals surface area contributed by atoms with Crippen LogP contribution in [0, 0.1) is 0 Å². The lowest BCUT2D eigenvalue weighted by molar-refractivity contribution is 0.276. The number of nitrogens with zero attached hydrogens (tertiary/aromatic N) is 1. The maximum atomic E-state index is 10.5. The van der Waals surface area contributed by atoms with Gasteiger partial charge in [-0.1, -0.05) is 36.4 Å². The molecule has 1 atom stereocenters. The fourth-order valence-electron chi connectivity index (χ4n) is 3.50. The largest absolute Gasteiger partial charge is 0.694 e. The van der Waals surface area contributed by atoms with E-state index in [-0.39, 0.29) is 6.61 Å². The first-order valence-corrected chi connectivity index (χ1v) is 12.3. The van der Waals surface area contributed by atoms with Gasteiger partial charge in [-0.25, -0.2) is 0 Å². The van der Waals surface area contributed by atoms with Crippen molar-refractivity contribution in [3.63, 3.8) is 0 Å². The molecular formula is C25H32N2O4P+. The van der Waals surface area contributed by atoms with Gasteiger partial charge < -0.3 is 14.6 Å². The number of benzene rings is 2. The van der Waals surface area contributed by atoms with Gasteiger partial charge in [-0.15, -0.1) is 9.42 Å². The van der Waals surface area contributed by atoms with Crippen LogP contribution in [0.2, 0.25) is 0 Å². The standard InChI is InChI=1S/C25H31N2O4P/c28-32(29)31-19-9-15-26-21-23-13-14-25(24(20-23)27-16-6-7-17-27)30-18-8-2-5-12-22-10-3-1-4-11-22/h1,3-4,6-7,10-11,13-14,16-17,20,26H,2,5,8-9,12,15,18-19,21H2/p+1. The van der Waals surface area contributed by atoms with Crippen molar-refractivity contribution >= 4 is 8.25 Å². The minimum atomic E-state index is -2.51. The molecule has 7 heteroatoms. The van der Waals surface area contributed by atoms with Gasteiger partial charge in [0.15, 0.2) is 0 Å². The summed E-state index contributed by atoms with van der Waals surface area (Å²) in [4.78, 5) is 8.64. The Morgan fingerprint density at radius 1 is 0.875 bits per heavy atom. The number of hydrogen-bond acceptors (Lipinski definition) is 4. The molecule has 3 aromatic rings. The van der Waals surface area contributed by atoms with Crippen molar-refractivity contribution in [3.8, 4) is 11.4 Å². The SMILES string of the molecule is O=[P+](O)OCCCNCc1ccc(OCCCCCc2ccccc2)c(-n2cccc2)c1. The van der Waals surface area contributed by atoms with E-state index in [2.05, 4.69) is 56.9 Å². The third-order valence-electron chi connectivity index (χ3n) is 5.14. The molecule has 6 nitrogen and oxygen atoms in total. The lowest BCUT2D eigenvalue weighted by Gasteiger charge is -2.15. The normalized spacial score (nSPS) is 11.5. The van der Waals surface area contributed by atoms with Gasteiger partial charge in [0.25, 0.3) is 0 Å². The van der Waals surface area contributed by atoms with Crippen molar-refractivity contribution in [2.24, 2.45) is 0 Å². The van der Waals surface area contributed by atoms with Gasteiger partial charge in [-0.2, -0.15) is 0 Å². The van der Waals surface area contributed by atoms with E-state index in [0.29, 0.717) is 26.1 Å². The fourth-order valence-corrected chi connectivity index (χ4v) is 3.78. The Morgan fingerprint density at radius 2 is 1.69 bits per heavy atom. The molecule has 0 aliphatic heterocycles. The Bertz CT molecular complexity index is 932. The molecule has 0 amide bonds. The third-order valence-corrected chi connectivity index (χ3v) is 5.55. The van der Waals surface area contributed by atoms with E-state index in [0.717, 1.165) is 36.3 Å². The highest BCUT2D eigenvalue weighted by Crippen LogP contribution is 2.25. The van der Waals surface area contributed by atoms with Crippen LogP contribution in [0.15, 0.2) is 73.1 Å². The van der Waals surface area contributed by atoms with Gasteiger partial charge in [0.2, 0.25) is 0 Å².